The Balaban J connectivity index is 1.18. The molecule has 0 unspecified atom stereocenters. The molecule has 5 heterocycles. The molecule has 7 nitrogen and oxygen atoms in total. The van der Waals surface area contributed by atoms with Gasteiger partial charge in [-0.25, -0.2) is 8.42 Å². The lowest BCUT2D eigenvalue weighted by Gasteiger charge is -2.37. The molecule has 186 valence electrons. The van der Waals surface area contributed by atoms with Gasteiger partial charge in [-0.2, -0.15) is 0 Å². The van der Waals surface area contributed by atoms with Crippen LogP contribution in [0, 0.1) is 0 Å². The molecule has 2 aliphatic heterocycles. The van der Waals surface area contributed by atoms with Crippen molar-refractivity contribution >= 4 is 54.8 Å². The molecule has 0 saturated carbocycles. The van der Waals surface area contributed by atoms with Crippen molar-refractivity contribution in [2.24, 2.45) is 4.99 Å². The zero-order valence-corrected chi connectivity index (χ0v) is 22.4. The predicted molar refractivity (Wildman–Crippen MR) is 149 cm³/mol. The summed E-state index contributed by atoms with van der Waals surface area (Å²) in [5, 5.41) is 3.77. The van der Waals surface area contributed by atoms with Crippen LogP contribution >= 0.6 is 23.1 Å². The van der Waals surface area contributed by atoms with Crippen LogP contribution in [0.1, 0.15) is 24.2 Å². The van der Waals surface area contributed by atoms with Crippen molar-refractivity contribution in [1.29, 1.82) is 0 Å². The number of H-pyrrole nitrogens is 1. The van der Waals surface area contributed by atoms with E-state index in [0.717, 1.165) is 66.4 Å². The highest BCUT2D eigenvalue weighted by Gasteiger charge is 2.40. The summed E-state index contributed by atoms with van der Waals surface area (Å²) in [4.78, 5) is 15.4. The zero-order chi connectivity index (χ0) is 24.8. The normalized spacial score (nSPS) is 18.1. The van der Waals surface area contributed by atoms with Crippen LogP contribution in [0.4, 0.5) is 5.69 Å². The highest BCUT2D eigenvalue weighted by atomic mass is 32.2. The maximum Gasteiger partial charge on any atom is 0.273 e. The van der Waals surface area contributed by atoms with E-state index in [9.17, 15) is 8.42 Å². The van der Waals surface area contributed by atoms with E-state index in [-0.39, 0.29) is 4.75 Å². The average Bonchev–Trinajstić information content (AvgIpc) is 3.66. The van der Waals surface area contributed by atoms with Gasteiger partial charge in [0.05, 0.1) is 29.1 Å². The molecule has 3 aromatic heterocycles. The Kier molecular flexibility index (Phi) is 6.15. The van der Waals surface area contributed by atoms with Gasteiger partial charge >= 0.3 is 0 Å². The molecule has 1 spiro atoms. The van der Waals surface area contributed by atoms with Gasteiger partial charge in [0.2, 0.25) is 0 Å². The lowest BCUT2D eigenvalue weighted by Crippen LogP contribution is -2.42. The van der Waals surface area contributed by atoms with Crippen molar-refractivity contribution in [3.05, 3.63) is 77.6 Å². The van der Waals surface area contributed by atoms with E-state index in [1.54, 1.807) is 24.6 Å². The largest absolute Gasteiger partial charge is 0.351 e. The van der Waals surface area contributed by atoms with E-state index in [2.05, 4.69) is 27.0 Å². The van der Waals surface area contributed by atoms with Crippen LogP contribution in [-0.2, 0) is 16.6 Å². The van der Waals surface area contributed by atoms with Crippen LogP contribution in [0.2, 0.25) is 0 Å². The second kappa shape index (κ2) is 9.33. The Labute approximate surface area is 219 Å². The number of pyridine rings is 1. The van der Waals surface area contributed by atoms with Crippen molar-refractivity contribution in [1.82, 2.24) is 14.9 Å². The Morgan fingerprint density at radius 3 is 2.72 bits per heavy atom. The molecule has 1 aromatic carbocycles. The van der Waals surface area contributed by atoms with Crippen molar-refractivity contribution in [3.8, 4) is 0 Å². The number of fused-ring (bicyclic) bond motifs is 1. The Bertz CT molecular complexity index is 1510. The number of benzene rings is 1. The highest BCUT2D eigenvalue weighted by molar-refractivity contribution is 8.15. The number of thioether (sulfide) groups is 1. The van der Waals surface area contributed by atoms with Gasteiger partial charge in [0.15, 0.2) is 0 Å². The van der Waals surface area contributed by atoms with Crippen LogP contribution in [-0.4, -0.2) is 59.8 Å². The van der Waals surface area contributed by atoms with Crippen LogP contribution in [0.3, 0.4) is 0 Å². The summed E-state index contributed by atoms with van der Waals surface area (Å²) < 4.78 is 28.1. The molecular weight excluding hydrogens is 511 g/mol. The minimum atomic E-state index is -3.61. The summed E-state index contributed by atoms with van der Waals surface area (Å²) in [5.41, 5.74) is 3.51. The first-order valence-electron chi connectivity index (χ1n) is 11.9. The number of aliphatic imine (C=N–C) groups is 1. The Morgan fingerprint density at radius 2 is 1.97 bits per heavy atom. The lowest BCUT2D eigenvalue weighted by molar-refractivity contribution is 0.194. The summed E-state index contributed by atoms with van der Waals surface area (Å²) in [7, 11) is -2.00. The number of thiophene rings is 1. The first-order valence-corrected chi connectivity index (χ1v) is 15.1. The molecule has 1 fully saturated rings. The first-order chi connectivity index (χ1) is 17.4. The highest BCUT2D eigenvalue weighted by Crippen LogP contribution is 2.44. The Morgan fingerprint density at radius 1 is 1.11 bits per heavy atom. The second-order valence-corrected chi connectivity index (χ2v) is 13.9. The third-order valence-electron chi connectivity index (χ3n) is 7.02. The van der Waals surface area contributed by atoms with Gasteiger partial charge < -0.3 is 4.98 Å². The molecule has 10 heteroatoms. The number of nitrogens with one attached hydrogen (secondary N) is 1. The molecule has 1 saturated heterocycles. The summed E-state index contributed by atoms with van der Waals surface area (Å²) >= 11 is 3.10. The van der Waals surface area contributed by atoms with Gasteiger partial charge in [0, 0.05) is 29.9 Å². The number of rotatable bonds is 6. The first kappa shape index (κ1) is 23.7. The molecule has 0 amide bonds. The van der Waals surface area contributed by atoms with E-state index < -0.39 is 10.0 Å². The van der Waals surface area contributed by atoms with Gasteiger partial charge in [-0.15, -0.1) is 11.3 Å². The van der Waals surface area contributed by atoms with Crippen LogP contribution in [0.5, 0.6) is 0 Å². The van der Waals surface area contributed by atoms with E-state index in [1.165, 1.54) is 15.6 Å². The van der Waals surface area contributed by atoms with Crippen LogP contribution in [0.25, 0.3) is 10.9 Å². The summed E-state index contributed by atoms with van der Waals surface area (Å²) in [5.74, 6) is 0. The Hall–Kier alpha value is -2.66. The quantitative estimate of drug-likeness (QED) is 0.375. The number of anilines is 1. The number of hydrogen-bond acceptors (Lipinski definition) is 7. The van der Waals surface area contributed by atoms with Gasteiger partial charge in [-0.3, -0.25) is 19.2 Å². The molecule has 0 bridgehead atoms. The number of likely N-dealkylation sites (tertiary alicyclic amines) is 1. The van der Waals surface area contributed by atoms with E-state index in [4.69, 9.17) is 4.99 Å². The summed E-state index contributed by atoms with van der Waals surface area (Å²) in [6, 6.07) is 17.3. The molecule has 4 aromatic rings. The third kappa shape index (κ3) is 4.36. The number of hydrogen-bond donors (Lipinski definition) is 1. The molecule has 0 aliphatic carbocycles. The minimum absolute atomic E-state index is 0.134. The third-order valence-corrected chi connectivity index (χ3v) is 11.7. The standard InChI is InChI=1S/C26H27N5O2S3/c1-30(36(32,33)23-9-5-15-34-23)22-8-4-6-19-16-21(29-24(19)22)25-28-18-26(35-25)10-13-31(14-11-26)17-20-7-2-3-12-27-20/h2-9,12,15-16,29H,10-11,13-14,17-18H2,1H3. The SMILES string of the molecule is CN(c1cccc2cc(C3=NCC4(CCN(Cc5ccccn5)CC4)S3)[nH]c12)S(=O)(=O)c1cccs1. The van der Waals surface area contributed by atoms with Crippen LogP contribution in [0.15, 0.2) is 75.4 Å². The summed E-state index contributed by atoms with van der Waals surface area (Å²) in [6.07, 6.45) is 4.03. The van der Waals surface area contributed by atoms with Crippen LogP contribution < -0.4 is 4.31 Å². The number of aromatic nitrogens is 2. The van der Waals surface area contributed by atoms with Gasteiger partial charge in [-0.05, 0) is 61.6 Å². The maximum absolute atomic E-state index is 13.1. The topological polar surface area (TPSA) is 81.7 Å². The number of aromatic amines is 1. The lowest BCUT2D eigenvalue weighted by atomic mass is 9.95. The molecule has 0 radical (unpaired) electrons. The van der Waals surface area contributed by atoms with Crippen molar-refractivity contribution < 1.29 is 8.42 Å². The second-order valence-electron chi connectivity index (χ2n) is 9.33. The fraction of sp³-hybridized carbons (Fsp3) is 0.308. The van der Waals surface area contributed by atoms with E-state index in [0.29, 0.717) is 9.90 Å². The molecular formula is C26H27N5O2S3. The van der Waals surface area contributed by atoms with E-state index >= 15 is 0 Å². The van der Waals surface area contributed by atoms with Crippen molar-refractivity contribution in [2.75, 3.05) is 31.0 Å². The number of para-hydroxylation sites is 1. The minimum Gasteiger partial charge on any atom is -0.351 e. The fourth-order valence-electron chi connectivity index (χ4n) is 4.92. The smallest absolute Gasteiger partial charge is 0.273 e. The number of nitrogens with zero attached hydrogens (tertiary/aromatic N) is 4. The monoisotopic (exact) mass is 537 g/mol. The van der Waals surface area contributed by atoms with Gasteiger partial charge in [0.1, 0.15) is 9.25 Å². The number of sulfonamides is 1. The maximum atomic E-state index is 13.1. The zero-order valence-electron chi connectivity index (χ0n) is 19.9. The van der Waals surface area contributed by atoms with E-state index in [1.807, 2.05) is 48.3 Å². The van der Waals surface area contributed by atoms with Crippen molar-refractivity contribution in [2.45, 2.75) is 28.3 Å². The van der Waals surface area contributed by atoms with Crippen molar-refractivity contribution in [3.63, 3.8) is 0 Å². The molecule has 1 N–H and O–H groups in total. The molecule has 6 rings (SSSR count). The van der Waals surface area contributed by atoms with Gasteiger partial charge in [-0.1, -0.05) is 36.0 Å². The molecule has 0 atom stereocenters. The van der Waals surface area contributed by atoms with Gasteiger partial charge in [0.25, 0.3) is 10.0 Å². The molecule has 2 aliphatic rings. The molecule has 36 heavy (non-hydrogen) atoms. The average molecular weight is 538 g/mol. The summed E-state index contributed by atoms with van der Waals surface area (Å²) in [6.45, 7) is 3.78. The predicted octanol–water partition coefficient (Wildman–Crippen LogP) is 4.98. The number of piperidine rings is 1. The fourth-order valence-corrected chi connectivity index (χ4v) is 8.56.